The van der Waals surface area contributed by atoms with Gasteiger partial charge in [0, 0.05) is 44.1 Å². The highest BCUT2D eigenvalue weighted by Crippen LogP contribution is 2.51. The number of sulfonamides is 1. The Balaban J connectivity index is 1.43. The molecule has 12 heteroatoms. The van der Waals surface area contributed by atoms with Gasteiger partial charge in [0.2, 0.25) is 16.0 Å². The number of halogens is 1. The molecule has 2 aromatic rings. The lowest BCUT2D eigenvalue weighted by molar-refractivity contribution is 0.0587. The van der Waals surface area contributed by atoms with E-state index < -0.39 is 21.4 Å². The minimum atomic E-state index is -3.21. The molecule has 1 N–H and O–H groups in total. The van der Waals surface area contributed by atoms with Gasteiger partial charge in [0.25, 0.3) is 5.91 Å². The predicted octanol–water partition coefficient (Wildman–Crippen LogP) is 2.19. The molecule has 1 atom stereocenters. The zero-order valence-corrected chi connectivity index (χ0v) is 20.4. The van der Waals surface area contributed by atoms with Gasteiger partial charge >= 0.3 is 0 Å². The SMILES string of the molecule is Cc1c(-c2nc(NC3CCN(S(C)(=O)=O)CC3)ncc2F)sc2c1C(=O)N(C)[C@@]21CCOC1. The Morgan fingerprint density at radius 1 is 1.33 bits per heavy atom. The number of carbonyl (C=O) groups excluding carboxylic acids is 1. The summed E-state index contributed by atoms with van der Waals surface area (Å²) in [4.78, 5) is 24.9. The van der Waals surface area contributed by atoms with Crippen LogP contribution in [0.1, 0.15) is 40.1 Å². The van der Waals surface area contributed by atoms with Gasteiger partial charge in [0.1, 0.15) is 11.2 Å². The van der Waals surface area contributed by atoms with Gasteiger partial charge in [0.15, 0.2) is 5.82 Å². The summed E-state index contributed by atoms with van der Waals surface area (Å²) in [6.07, 6.45) is 4.29. The van der Waals surface area contributed by atoms with Crippen molar-refractivity contribution in [1.29, 1.82) is 0 Å². The number of hydrogen-bond acceptors (Lipinski definition) is 8. The first-order chi connectivity index (χ1) is 15.6. The smallest absolute Gasteiger partial charge is 0.255 e. The van der Waals surface area contributed by atoms with Crippen LogP contribution in [0.15, 0.2) is 6.20 Å². The molecule has 5 heterocycles. The van der Waals surface area contributed by atoms with Crippen molar-refractivity contribution in [3.63, 3.8) is 0 Å². The van der Waals surface area contributed by atoms with Crippen molar-refractivity contribution in [2.24, 2.45) is 0 Å². The van der Waals surface area contributed by atoms with Crippen molar-refractivity contribution in [2.45, 2.75) is 37.8 Å². The molecular formula is C21H26FN5O4S2. The first kappa shape index (κ1) is 22.6. The van der Waals surface area contributed by atoms with Crippen molar-refractivity contribution in [2.75, 3.05) is 44.9 Å². The molecule has 178 valence electrons. The maximum atomic E-state index is 14.9. The van der Waals surface area contributed by atoms with Crippen LogP contribution in [0.5, 0.6) is 0 Å². The van der Waals surface area contributed by atoms with Crippen LogP contribution >= 0.6 is 11.3 Å². The minimum absolute atomic E-state index is 0.00937. The molecule has 2 fully saturated rings. The number of thiophene rings is 1. The van der Waals surface area contributed by atoms with Crippen molar-refractivity contribution >= 4 is 33.2 Å². The Morgan fingerprint density at radius 3 is 2.70 bits per heavy atom. The number of amides is 1. The van der Waals surface area contributed by atoms with Gasteiger partial charge in [-0.3, -0.25) is 4.79 Å². The number of anilines is 1. The molecule has 2 aromatic heterocycles. The summed E-state index contributed by atoms with van der Waals surface area (Å²) in [5.41, 5.74) is 1.03. The van der Waals surface area contributed by atoms with Gasteiger partial charge in [-0.05, 0) is 25.3 Å². The van der Waals surface area contributed by atoms with E-state index in [2.05, 4.69) is 15.3 Å². The number of ether oxygens (including phenoxy) is 1. The third-order valence-electron chi connectivity index (χ3n) is 6.95. The zero-order chi connectivity index (χ0) is 23.5. The lowest BCUT2D eigenvalue weighted by Crippen LogP contribution is -2.42. The summed E-state index contributed by atoms with van der Waals surface area (Å²) in [7, 11) is -1.41. The molecule has 1 amide bonds. The van der Waals surface area contributed by atoms with Crippen LogP contribution < -0.4 is 5.32 Å². The predicted molar refractivity (Wildman–Crippen MR) is 122 cm³/mol. The topological polar surface area (TPSA) is 105 Å². The Morgan fingerprint density at radius 2 is 2.06 bits per heavy atom. The van der Waals surface area contributed by atoms with E-state index in [0.29, 0.717) is 62.0 Å². The number of piperidine rings is 1. The normalized spacial score (nSPS) is 24.1. The van der Waals surface area contributed by atoms with E-state index in [0.717, 1.165) is 16.6 Å². The Hall–Kier alpha value is -2.15. The number of nitrogens with zero attached hydrogens (tertiary/aromatic N) is 4. The van der Waals surface area contributed by atoms with E-state index in [1.54, 1.807) is 11.9 Å². The summed E-state index contributed by atoms with van der Waals surface area (Å²) in [6, 6.07) is -0.00937. The molecule has 9 nitrogen and oxygen atoms in total. The van der Waals surface area contributed by atoms with Crippen LogP contribution in [0.2, 0.25) is 0 Å². The molecule has 33 heavy (non-hydrogen) atoms. The van der Waals surface area contributed by atoms with Crippen LogP contribution in [0.25, 0.3) is 10.6 Å². The fourth-order valence-electron chi connectivity index (χ4n) is 4.95. The van der Waals surface area contributed by atoms with Gasteiger partial charge in [-0.15, -0.1) is 11.3 Å². The molecule has 2 saturated heterocycles. The lowest BCUT2D eigenvalue weighted by Gasteiger charge is -2.30. The fourth-order valence-corrected chi connectivity index (χ4v) is 7.35. The van der Waals surface area contributed by atoms with Crippen molar-refractivity contribution in [1.82, 2.24) is 19.2 Å². The molecule has 0 radical (unpaired) electrons. The van der Waals surface area contributed by atoms with Crippen molar-refractivity contribution < 1.29 is 22.3 Å². The minimum Gasteiger partial charge on any atom is -0.379 e. The third kappa shape index (κ3) is 3.63. The fraction of sp³-hybridized carbons (Fsp3) is 0.571. The first-order valence-corrected chi connectivity index (χ1v) is 13.5. The molecule has 5 rings (SSSR count). The standard InChI is InChI=1S/C21H26FN5O4S2/c1-12-15-18(21(6-9-31-11-21)26(2)19(15)28)32-17(12)16-14(22)10-23-20(25-16)24-13-4-7-27(8-5-13)33(3,29)30/h10,13H,4-9,11H2,1-3H3,(H,23,24,25)/t21-/m1/s1. The van der Waals surface area contributed by atoms with Crippen molar-refractivity contribution in [3.05, 3.63) is 28.0 Å². The lowest BCUT2D eigenvalue weighted by atomic mass is 9.96. The van der Waals surface area contributed by atoms with E-state index in [9.17, 15) is 17.6 Å². The molecule has 0 aromatic carbocycles. The van der Waals surface area contributed by atoms with Gasteiger partial charge in [-0.2, -0.15) is 0 Å². The van der Waals surface area contributed by atoms with Crippen LogP contribution in [-0.4, -0.2) is 79.1 Å². The number of nitrogens with one attached hydrogen (secondary N) is 1. The van der Waals surface area contributed by atoms with Gasteiger partial charge in [0.05, 0.1) is 29.5 Å². The summed E-state index contributed by atoms with van der Waals surface area (Å²) in [5, 5.41) is 3.22. The molecule has 0 unspecified atom stereocenters. The summed E-state index contributed by atoms with van der Waals surface area (Å²) in [5.74, 6) is -0.325. The van der Waals surface area contributed by atoms with Gasteiger partial charge in [-0.1, -0.05) is 0 Å². The average Bonchev–Trinajstić information content (AvgIpc) is 3.44. The van der Waals surface area contributed by atoms with Crippen LogP contribution in [-0.2, 0) is 20.3 Å². The quantitative estimate of drug-likeness (QED) is 0.693. The van der Waals surface area contributed by atoms with Gasteiger partial charge in [-0.25, -0.2) is 27.1 Å². The Labute approximate surface area is 196 Å². The highest BCUT2D eigenvalue weighted by molar-refractivity contribution is 7.88. The first-order valence-electron chi connectivity index (χ1n) is 10.9. The number of fused-ring (bicyclic) bond motifs is 2. The van der Waals surface area contributed by atoms with Crippen LogP contribution in [0, 0.1) is 12.7 Å². The van der Waals surface area contributed by atoms with Gasteiger partial charge < -0.3 is 15.0 Å². The molecule has 0 aliphatic carbocycles. The second kappa shape index (κ2) is 7.97. The van der Waals surface area contributed by atoms with E-state index in [-0.39, 0.29) is 17.6 Å². The average molecular weight is 496 g/mol. The number of carbonyl (C=O) groups is 1. The maximum absolute atomic E-state index is 14.9. The summed E-state index contributed by atoms with van der Waals surface area (Å²) < 4.78 is 45.4. The Bertz CT molecular complexity index is 1220. The number of aromatic nitrogens is 2. The van der Waals surface area contributed by atoms with E-state index in [1.165, 1.54) is 21.9 Å². The van der Waals surface area contributed by atoms with Crippen molar-refractivity contribution in [3.8, 4) is 10.6 Å². The molecular weight excluding hydrogens is 469 g/mol. The van der Waals surface area contributed by atoms with Crippen LogP contribution in [0.4, 0.5) is 10.3 Å². The largest absolute Gasteiger partial charge is 0.379 e. The highest BCUT2D eigenvalue weighted by Gasteiger charge is 2.53. The molecule has 1 spiro atoms. The Kier molecular flexibility index (Phi) is 5.46. The molecule has 0 bridgehead atoms. The second-order valence-electron chi connectivity index (χ2n) is 8.93. The second-order valence-corrected chi connectivity index (χ2v) is 11.9. The van der Waals surface area contributed by atoms with Crippen LogP contribution in [0.3, 0.4) is 0 Å². The van der Waals surface area contributed by atoms with E-state index in [4.69, 9.17) is 4.74 Å². The van der Waals surface area contributed by atoms with E-state index in [1.807, 2.05) is 6.92 Å². The van der Waals surface area contributed by atoms with E-state index >= 15 is 0 Å². The third-order valence-corrected chi connectivity index (χ3v) is 9.74. The monoisotopic (exact) mass is 495 g/mol. The molecule has 0 saturated carbocycles. The molecule has 3 aliphatic rings. The highest BCUT2D eigenvalue weighted by atomic mass is 32.2. The zero-order valence-electron chi connectivity index (χ0n) is 18.7. The summed E-state index contributed by atoms with van der Waals surface area (Å²) >= 11 is 1.40. The number of hydrogen-bond donors (Lipinski definition) is 1. The maximum Gasteiger partial charge on any atom is 0.255 e. The number of rotatable bonds is 4. The number of likely N-dealkylation sites (N-methyl/N-ethyl adjacent to an activating group) is 1. The molecule has 3 aliphatic heterocycles. The summed E-state index contributed by atoms with van der Waals surface area (Å²) in [6.45, 7) is 3.69.